The highest BCUT2D eigenvalue weighted by molar-refractivity contribution is 6.30. The first-order valence-electron chi connectivity index (χ1n) is 10.2. The van der Waals surface area contributed by atoms with Crippen LogP contribution in [0.4, 0.5) is 0 Å². The molecule has 0 saturated heterocycles. The zero-order chi connectivity index (χ0) is 23.1. The molecule has 0 fully saturated rings. The van der Waals surface area contributed by atoms with Crippen LogP contribution in [0, 0.1) is 6.92 Å². The van der Waals surface area contributed by atoms with Gasteiger partial charge in [-0.1, -0.05) is 11.6 Å². The van der Waals surface area contributed by atoms with Crippen molar-refractivity contribution in [2.45, 2.75) is 13.5 Å². The molecule has 33 heavy (non-hydrogen) atoms. The third-order valence-electron chi connectivity index (χ3n) is 5.57. The van der Waals surface area contributed by atoms with E-state index >= 15 is 0 Å². The van der Waals surface area contributed by atoms with Gasteiger partial charge in [-0.3, -0.25) is 9.59 Å². The standard InChI is InChI=1S/C25H18ClN3O4/c1-14-22(23(31)15-5-7-16(26)8-6-15)18-12-17(32-2)9-10-19(18)29(14)13-20(30)25-28-24-21(33-25)4-3-11-27-24/h3-12H,13H2,1-2H3. The number of Topliss-reactive ketones (excluding diaryl/α,β-unsaturated/α-hetero) is 1. The van der Waals surface area contributed by atoms with Crippen molar-refractivity contribution in [1.29, 1.82) is 0 Å². The summed E-state index contributed by atoms with van der Waals surface area (Å²) in [7, 11) is 1.57. The molecule has 7 nitrogen and oxygen atoms in total. The van der Waals surface area contributed by atoms with Gasteiger partial charge in [0.1, 0.15) is 5.75 Å². The van der Waals surface area contributed by atoms with E-state index in [2.05, 4.69) is 9.97 Å². The molecule has 0 saturated carbocycles. The van der Waals surface area contributed by atoms with Gasteiger partial charge in [-0.05, 0) is 61.5 Å². The number of hydrogen-bond acceptors (Lipinski definition) is 6. The monoisotopic (exact) mass is 459 g/mol. The molecule has 5 aromatic rings. The minimum atomic E-state index is -0.325. The topological polar surface area (TPSA) is 87.2 Å². The maximum absolute atomic E-state index is 13.5. The van der Waals surface area contributed by atoms with Crippen LogP contribution in [0.3, 0.4) is 0 Å². The smallest absolute Gasteiger partial charge is 0.267 e. The van der Waals surface area contributed by atoms with E-state index in [9.17, 15) is 9.59 Å². The van der Waals surface area contributed by atoms with Crippen LogP contribution in [0.2, 0.25) is 5.02 Å². The number of oxazole rings is 1. The Hall–Kier alpha value is -3.97. The molecule has 0 amide bonds. The van der Waals surface area contributed by atoms with Crippen LogP contribution in [-0.4, -0.2) is 33.2 Å². The number of fused-ring (bicyclic) bond motifs is 2. The highest BCUT2D eigenvalue weighted by Gasteiger charge is 2.24. The van der Waals surface area contributed by atoms with Crippen LogP contribution in [-0.2, 0) is 6.54 Å². The summed E-state index contributed by atoms with van der Waals surface area (Å²) in [5, 5.41) is 1.24. The number of ketones is 2. The molecule has 5 rings (SSSR count). The Bertz CT molecular complexity index is 1500. The second kappa shape index (κ2) is 8.18. The van der Waals surface area contributed by atoms with Gasteiger partial charge in [0.25, 0.3) is 5.89 Å². The third-order valence-corrected chi connectivity index (χ3v) is 5.82. The van der Waals surface area contributed by atoms with Crippen molar-refractivity contribution < 1.29 is 18.7 Å². The number of pyridine rings is 1. The average Bonchev–Trinajstić information content (AvgIpc) is 3.38. The number of halogens is 1. The van der Waals surface area contributed by atoms with Crippen LogP contribution in [0.15, 0.2) is 65.2 Å². The number of ether oxygens (including phenoxy) is 1. The second-order valence-electron chi connectivity index (χ2n) is 7.53. The molecular formula is C25H18ClN3O4. The van der Waals surface area contributed by atoms with Crippen molar-refractivity contribution in [3.8, 4) is 5.75 Å². The largest absolute Gasteiger partial charge is 0.497 e. The number of carbonyl (C=O) groups excluding carboxylic acids is 2. The van der Waals surface area contributed by atoms with Gasteiger partial charge in [0.2, 0.25) is 5.78 Å². The van der Waals surface area contributed by atoms with E-state index in [0.717, 1.165) is 5.52 Å². The first kappa shape index (κ1) is 20.9. The maximum atomic E-state index is 13.5. The van der Waals surface area contributed by atoms with Gasteiger partial charge in [-0.25, -0.2) is 4.98 Å². The maximum Gasteiger partial charge on any atom is 0.267 e. The molecule has 3 heterocycles. The van der Waals surface area contributed by atoms with E-state index in [0.29, 0.717) is 44.2 Å². The lowest BCUT2D eigenvalue weighted by Crippen LogP contribution is -2.13. The predicted octanol–water partition coefficient (Wildman–Crippen LogP) is 5.26. The Morgan fingerprint density at radius 3 is 2.64 bits per heavy atom. The van der Waals surface area contributed by atoms with Crippen molar-refractivity contribution in [3.05, 3.63) is 88.5 Å². The van der Waals surface area contributed by atoms with Crippen LogP contribution in [0.5, 0.6) is 5.75 Å². The number of carbonyl (C=O) groups is 2. The number of hydrogen-bond donors (Lipinski definition) is 0. The van der Waals surface area contributed by atoms with Crippen molar-refractivity contribution in [2.75, 3.05) is 7.11 Å². The highest BCUT2D eigenvalue weighted by atomic mass is 35.5. The second-order valence-corrected chi connectivity index (χ2v) is 7.97. The molecule has 0 aliphatic heterocycles. The molecule has 3 aromatic heterocycles. The van der Waals surface area contributed by atoms with Gasteiger partial charge in [-0.2, -0.15) is 4.98 Å². The molecule has 164 valence electrons. The fraction of sp³-hybridized carbons (Fsp3) is 0.120. The molecule has 2 aromatic carbocycles. The molecule has 0 aliphatic carbocycles. The minimum absolute atomic E-state index is 0.0240. The van der Waals surface area contributed by atoms with Crippen molar-refractivity contribution in [1.82, 2.24) is 14.5 Å². The summed E-state index contributed by atoms with van der Waals surface area (Å²) in [4.78, 5) is 34.8. The summed E-state index contributed by atoms with van der Waals surface area (Å²) < 4.78 is 12.8. The zero-order valence-electron chi connectivity index (χ0n) is 17.8. The summed E-state index contributed by atoms with van der Waals surface area (Å²) in [5.41, 5.74) is 3.20. The number of rotatable bonds is 6. The summed E-state index contributed by atoms with van der Waals surface area (Å²) in [6.07, 6.45) is 1.59. The van der Waals surface area contributed by atoms with E-state index in [1.54, 1.807) is 66.4 Å². The molecule has 0 unspecified atom stereocenters. The summed E-state index contributed by atoms with van der Waals surface area (Å²) >= 11 is 5.99. The number of benzene rings is 2. The van der Waals surface area contributed by atoms with Gasteiger partial charge >= 0.3 is 0 Å². The zero-order valence-corrected chi connectivity index (χ0v) is 18.6. The van der Waals surface area contributed by atoms with Crippen molar-refractivity contribution >= 4 is 45.3 Å². The Morgan fingerprint density at radius 2 is 1.91 bits per heavy atom. The molecule has 0 N–H and O–H groups in total. The SMILES string of the molecule is COc1ccc2c(c1)c(C(=O)c1ccc(Cl)cc1)c(C)n2CC(=O)c1nc2ncccc2o1. The highest BCUT2D eigenvalue weighted by Crippen LogP contribution is 2.32. The first-order chi connectivity index (χ1) is 16.0. The Balaban J connectivity index is 1.61. The molecule has 0 spiro atoms. The van der Waals surface area contributed by atoms with Crippen LogP contribution in [0.25, 0.3) is 22.1 Å². The predicted molar refractivity (Wildman–Crippen MR) is 124 cm³/mol. The van der Waals surface area contributed by atoms with Gasteiger partial charge in [0.05, 0.1) is 19.2 Å². The van der Waals surface area contributed by atoms with Crippen molar-refractivity contribution in [3.63, 3.8) is 0 Å². The third kappa shape index (κ3) is 3.66. The molecular weight excluding hydrogens is 442 g/mol. The lowest BCUT2D eigenvalue weighted by Gasteiger charge is -2.07. The average molecular weight is 460 g/mol. The van der Waals surface area contributed by atoms with E-state index in [4.69, 9.17) is 20.8 Å². The fourth-order valence-electron chi connectivity index (χ4n) is 3.92. The first-order valence-corrected chi connectivity index (χ1v) is 10.6. The van der Waals surface area contributed by atoms with E-state index in [1.807, 2.05) is 13.0 Å². The lowest BCUT2D eigenvalue weighted by molar-refractivity contribution is 0.0939. The molecule has 0 aliphatic rings. The minimum Gasteiger partial charge on any atom is -0.497 e. The quantitative estimate of drug-likeness (QED) is 0.322. The van der Waals surface area contributed by atoms with Crippen LogP contribution < -0.4 is 4.74 Å². The molecule has 0 atom stereocenters. The van der Waals surface area contributed by atoms with Gasteiger partial charge in [0, 0.05) is 33.4 Å². The summed E-state index contributed by atoms with van der Waals surface area (Å²) in [6.45, 7) is 1.77. The molecule has 0 radical (unpaired) electrons. The van der Waals surface area contributed by atoms with E-state index in [1.165, 1.54) is 0 Å². The van der Waals surface area contributed by atoms with Gasteiger partial charge in [0.15, 0.2) is 17.0 Å². The van der Waals surface area contributed by atoms with Crippen LogP contribution in [0.1, 0.15) is 32.3 Å². The summed E-state index contributed by atoms with van der Waals surface area (Å²) in [6, 6.07) is 15.6. The van der Waals surface area contributed by atoms with Crippen LogP contribution >= 0.6 is 11.6 Å². The van der Waals surface area contributed by atoms with Gasteiger partial charge < -0.3 is 13.7 Å². The Labute approximate surface area is 193 Å². The lowest BCUT2D eigenvalue weighted by atomic mass is 10.0. The van der Waals surface area contributed by atoms with E-state index < -0.39 is 0 Å². The fourth-order valence-corrected chi connectivity index (χ4v) is 4.05. The number of methoxy groups -OCH3 is 1. The summed E-state index contributed by atoms with van der Waals surface area (Å²) in [5.74, 6) is 0.0965. The Kier molecular flexibility index (Phi) is 5.18. The number of aromatic nitrogens is 3. The van der Waals surface area contributed by atoms with Gasteiger partial charge in [-0.15, -0.1) is 0 Å². The molecule has 0 bridgehead atoms. The normalized spacial score (nSPS) is 11.2. The van der Waals surface area contributed by atoms with E-state index in [-0.39, 0.29) is 24.0 Å². The van der Waals surface area contributed by atoms with Crippen molar-refractivity contribution in [2.24, 2.45) is 0 Å². The molecule has 8 heteroatoms. The Morgan fingerprint density at radius 1 is 1.12 bits per heavy atom. The number of nitrogens with zero attached hydrogens (tertiary/aromatic N) is 3.